The minimum atomic E-state index is -0.319. The number of aromatic amines is 1. The van der Waals surface area contributed by atoms with E-state index >= 15 is 0 Å². The summed E-state index contributed by atoms with van der Waals surface area (Å²) in [6.45, 7) is 0.537. The van der Waals surface area contributed by atoms with Crippen LogP contribution in [-0.2, 0) is 6.54 Å². The molecule has 0 radical (unpaired) electrons. The van der Waals surface area contributed by atoms with E-state index in [0.717, 1.165) is 11.5 Å². The highest BCUT2D eigenvalue weighted by atomic mass is 19.1. The van der Waals surface area contributed by atoms with E-state index in [1.165, 1.54) is 19.2 Å². The maximum absolute atomic E-state index is 12.9. The van der Waals surface area contributed by atoms with Gasteiger partial charge in [0.1, 0.15) is 17.4 Å². The Hall–Kier alpha value is -2.04. The van der Waals surface area contributed by atoms with Crippen LogP contribution in [0.5, 0.6) is 5.75 Å². The Morgan fingerprint density at radius 3 is 3.06 bits per heavy atom. The fraction of sp³-hybridized carbons (Fsp3) is 0.182. The zero-order valence-electron chi connectivity index (χ0n) is 8.83. The summed E-state index contributed by atoms with van der Waals surface area (Å²) in [5, 5.41) is 3.11. The van der Waals surface area contributed by atoms with Gasteiger partial charge in [0, 0.05) is 18.5 Å². The average Bonchev–Trinajstić information content (AvgIpc) is 2.80. The van der Waals surface area contributed by atoms with Crippen LogP contribution in [0.15, 0.2) is 30.6 Å². The molecule has 0 bridgehead atoms. The Kier molecular flexibility index (Phi) is 3.05. The molecule has 0 unspecified atom stereocenters. The fourth-order valence-corrected chi connectivity index (χ4v) is 1.38. The summed E-state index contributed by atoms with van der Waals surface area (Å²) in [4.78, 5) is 7.04. The molecule has 2 N–H and O–H groups in total. The molecule has 0 aliphatic carbocycles. The van der Waals surface area contributed by atoms with Crippen molar-refractivity contribution in [3.63, 3.8) is 0 Å². The van der Waals surface area contributed by atoms with Crippen molar-refractivity contribution >= 4 is 5.69 Å². The number of methoxy groups -OCH3 is 1. The molecule has 0 spiro atoms. The third-order valence-electron chi connectivity index (χ3n) is 2.16. The Balaban J connectivity index is 2.09. The number of nitrogens with zero attached hydrogens (tertiary/aromatic N) is 1. The molecule has 2 aromatic rings. The molecule has 1 aromatic carbocycles. The first-order valence-electron chi connectivity index (χ1n) is 4.85. The Morgan fingerprint density at radius 2 is 2.38 bits per heavy atom. The van der Waals surface area contributed by atoms with Crippen LogP contribution in [0.1, 0.15) is 5.82 Å². The van der Waals surface area contributed by atoms with E-state index in [0.29, 0.717) is 12.3 Å². The zero-order valence-corrected chi connectivity index (χ0v) is 8.83. The van der Waals surface area contributed by atoms with Gasteiger partial charge in [0.05, 0.1) is 19.3 Å². The molecule has 0 saturated carbocycles. The molecule has 16 heavy (non-hydrogen) atoms. The second-order valence-corrected chi connectivity index (χ2v) is 3.23. The lowest BCUT2D eigenvalue weighted by Gasteiger charge is -2.09. The summed E-state index contributed by atoms with van der Waals surface area (Å²) in [5.74, 6) is 0.971. The van der Waals surface area contributed by atoms with Crippen molar-refractivity contribution in [2.75, 3.05) is 12.4 Å². The normalized spacial score (nSPS) is 10.1. The zero-order chi connectivity index (χ0) is 11.4. The van der Waals surface area contributed by atoms with E-state index in [2.05, 4.69) is 15.3 Å². The van der Waals surface area contributed by atoms with Crippen LogP contribution in [0.4, 0.5) is 10.1 Å². The summed E-state index contributed by atoms with van der Waals surface area (Å²) in [6, 6.07) is 4.36. The number of aromatic nitrogens is 2. The Morgan fingerprint density at radius 1 is 1.50 bits per heavy atom. The summed E-state index contributed by atoms with van der Waals surface area (Å²) in [5.41, 5.74) is 0.736. The number of benzene rings is 1. The highest BCUT2D eigenvalue weighted by Gasteiger charge is 2.04. The number of H-pyrrole nitrogens is 1. The second kappa shape index (κ2) is 4.65. The van der Waals surface area contributed by atoms with Gasteiger partial charge in [-0.05, 0) is 12.1 Å². The lowest BCUT2D eigenvalue weighted by molar-refractivity contribution is 0.413. The van der Waals surface area contributed by atoms with E-state index in [1.807, 2.05) is 0 Å². The van der Waals surface area contributed by atoms with Crippen LogP contribution in [0, 0.1) is 5.82 Å². The first-order valence-corrected chi connectivity index (χ1v) is 4.85. The molecule has 2 rings (SSSR count). The van der Waals surface area contributed by atoms with Gasteiger partial charge >= 0.3 is 0 Å². The topological polar surface area (TPSA) is 49.9 Å². The van der Waals surface area contributed by atoms with Crippen molar-refractivity contribution in [3.05, 3.63) is 42.2 Å². The van der Waals surface area contributed by atoms with Gasteiger partial charge in [-0.3, -0.25) is 0 Å². The standard InChI is InChI=1S/C11H12FN3O/c1-16-10-6-8(12)2-3-9(10)15-7-11-13-4-5-14-11/h2-6,15H,7H2,1H3,(H,13,14). The van der Waals surface area contributed by atoms with E-state index in [1.54, 1.807) is 18.5 Å². The van der Waals surface area contributed by atoms with Crippen LogP contribution in [-0.4, -0.2) is 17.1 Å². The number of hydrogen-bond acceptors (Lipinski definition) is 3. The van der Waals surface area contributed by atoms with Gasteiger partial charge in [0.2, 0.25) is 0 Å². The van der Waals surface area contributed by atoms with Crippen molar-refractivity contribution in [1.29, 1.82) is 0 Å². The van der Waals surface area contributed by atoms with E-state index in [9.17, 15) is 4.39 Å². The van der Waals surface area contributed by atoms with Gasteiger partial charge in [0.25, 0.3) is 0 Å². The van der Waals surface area contributed by atoms with Crippen LogP contribution in [0.25, 0.3) is 0 Å². The minimum absolute atomic E-state index is 0.319. The number of hydrogen-bond donors (Lipinski definition) is 2. The highest BCUT2D eigenvalue weighted by Crippen LogP contribution is 2.25. The molecule has 0 amide bonds. The van der Waals surface area contributed by atoms with Gasteiger partial charge in [0.15, 0.2) is 0 Å². The molecule has 1 heterocycles. The molecule has 0 fully saturated rings. The Bertz CT molecular complexity index is 456. The number of halogens is 1. The largest absolute Gasteiger partial charge is 0.494 e. The average molecular weight is 221 g/mol. The summed E-state index contributed by atoms with van der Waals surface area (Å²) >= 11 is 0. The van der Waals surface area contributed by atoms with Gasteiger partial charge in [-0.25, -0.2) is 9.37 Å². The first kappa shape index (κ1) is 10.5. The predicted molar refractivity (Wildman–Crippen MR) is 58.9 cm³/mol. The predicted octanol–water partition coefficient (Wildman–Crippen LogP) is 2.17. The monoisotopic (exact) mass is 221 g/mol. The van der Waals surface area contributed by atoms with Crippen molar-refractivity contribution in [3.8, 4) is 5.75 Å². The number of imidazole rings is 1. The summed E-state index contributed by atoms with van der Waals surface area (Å²) < 4.78 is 18.0. The number of rotatable bonds is 4. The van der Waals surface area contributed by atoms with Crippen molar-refractivity contribution < 1.29 is 9.13 Å². The van der Waals surface area contributed by atoms with Gasteiger partial charge in [-0.1, -0.05) is 0 Å². The molecule has 4 nitrogen and oxygen atoms in total. The number of ether oxygens (including phenoxy) is 1. The van der Waals surface area contributed by atoms with Crippen LogP contribution < -0.4 is 10.1 Å². The van der Waals surface area contributed by atoms with Gasteiger partial charge in [-0.2, -0.15) is 0 Å². The smallest absolute Gasteiger partial charge is 0.144 e. The SMILES string of the molecule is COc1cc(F)ccc1NCc1ncc[nH]1. The second-order valence-electron chi connectivity index (χ2n) is 3.23. The van der Waals surface area contributed by atoms with E-state index in [4.69, 9.17) is 4.74 Å². The third kappa shape index (κ3) is 2.31. The number of anilines is 1. The van der Waals surface area contributed by atoms with Crippen LogP contribution >= 0.6 is 0 Å². The quantitative estimate of drug-likeness (QED) is 0.831. The van der Waals surface area contributed by atoms with Crippen molar-refractivity contribution in [2.24, 2.45) is 0 Å². The molecule has 84 valence electrons. The highest BCUT2D eigenvalue weighted by molar-refractivity contribution is 5.56. The lowest BCUT2D eigenvalue weighted by Crippen LogP contribution is -2.03. The molecule has 0 atom stereocenters. The molecule has 1 aromatic heterocycles. The molecule has 0 aliphatic rings. The van der Waals surface area contributed by atoms with Crippen LogP contribution in [0.2, 0.25) is 0 Å². The first-order chi connectivity index (χ1) is 7.79. The fourth-order valence-electron chi connectivity index (χ4n) is 1.38. The van der Waals surface area contributed by atoms with E-state index in [-0.39, 0.29) is 5.82 Å². The maximum atomic E-state index is 12.9. The number of nitrogens with one attached hydrogen (secondary N) is 2. The Labute approximate surface area is 92.5 Å². The van der Waals surface area contributed by atoms with E-state index < -0.39 is 0 Å². The third-order valence-corrected chi connectivity index (χ3v) is 2.16. The summed E-state index contributed by atoms with van der Waals surface area (Å²) in [7, 11) is 1.51. The van der Waals surface area contributed by atoms with Gasteiger partial charge in [-0.15, -0.1) is 0 Å². The lowest BCUT2D eigenvalue weighted by atomic mass is 10.3. The molecular formula is C11H12FN3O. The molecular weight excluding hydrogens is 209 g/mol. The summed E-state index contributed by atoms with van der Waals surface area (Å²) in [6.07, 6.45) is 3.43. The molecule has 0 aliphatic heterocycles. The van der Waals surface area contributed by atoms with Crippen molar-refractivity contribution in [2.45, 2.75) is 6.54 Å². The molecule has 0 saturated heterocycles. The maximum Gasteiger partial charge on any atom is 0.144 e. The molecule has 5 heteroatoms. The van der Waals surface area contributed by atoms with Crippen LogP contribution in [0.3, 0.4) is 0 Å². The minimum Gasteiger partial charge on any atom is -0.494 e. The van der Waals surface area contributed by atoms with Crippen molar-refractivity contribution in [1.82, 2.24) is 9.97 Å². The van der Waals surface area contributed by atoms with Gasteiger partial charge < -0.3 is 15.0 Å².